The molecule has 0 spiro atoms. The molecule has 0 bridgehead atoms. The minimum absolute atomic E-state index is 0.00761. The molecule has 11 nitrogen and oxygen atoms in total. The van der Waals surface area contributed by atoms with E-state index >= 15 is 0 Å². The van der Waals surface area contributed by atoms with Gasteiger partial charge < -0.3 is 15.1 Å². The van der Waals surface area contributed by atoms with Crippen LogP contribution in [0, 0.1) is 0 Å². The van der Waals surface area contributed by atoms with Crippen LogP contribution in [0.25, 0.3) is 0 Å². The fraction of sp³-hybridized carbons (Fsp3) is 0.208. The van der Waals surface area contributed by atoms with Crippen molar-refractivity contribution in [2.24, 2.45) is 5.14 Å². The van der Waals surface area contributed by atoms with Gasteiger partial charge >= 0.3 is 0 Å². The van der Waals surface area contributed by atoms with Crippen LogP contribution >= 0.6 is 0 Å². The van der Waals surface area contributed by atoms with Crippen LogP contribution in [-0.2, 0) is 16.4 Å². The molecule has 3 heterocycles. The summed E-state index contributed by atoms with van der Waals surface area (Å²) in [5.74, 6) is 1.56. The van der Waals surface area contributed by atoms with Gasteiger partial charge in [-0.3, -0.25) is 0 Å². The lowest BCUT2D eigenvalue weighted by Crippen LogP contribution is -2.47. The van der Waals surface area contributed by atoms with E-state index in [1.807, 2.05) is 30.6 Å². The van der Waals surface area contributed by atoms with Crippen LogP contribution in [0.1, 0.15) is 11.1 Å². The van der Waals surface area contributed by atoms with Gasteiger partial charge in [0.2, 0.25) is 27.9 Å². The molecular weight excluding hydrogens is 478 g/mol. The Kier molecular flexibility index (Phi) is 6.69. The molecule has 1 aliphatic rings. The fourth-order valence-electron chi connectivity index (χ4n) is 3.92. The Balaban J connectivity index is 1.20. The number of nitrogens with one attached hydrogen (secondary N) is 1. The van der Waals surface area contributed by atoms with Crippen molar-refractivity contribution in [1.29, 1.82) is 0 Å². The molecule has 0 radical (unpaired) electrons. The largest absolute Gasteiger partial charge is 0.337 e. The lowest BCUT2D eigenvalue weighted by Gasteiger charge is -2.34. The third-order valence-electron chi connectivity index (χ3n) is 5.77. The number of nitrogens with zero attached hydrogens (tertiary/aromatic N) is 7. The summed E-state index contributed by atoms with van der Waals surface area (Å²) < 4.78 is 23.2. The van der Waals surface area contributed by atoms with Crippen molar-refractivity contribution in [2.75, 3.05) is 41.3 Å². The molecule has 1 fully saturated rings. The first-order chi connectivity index (χ1) is 17.4. The Morgan fingerprint density at radius 2 is 1.50 bits per heavy atom. The van der Waals surface area contributed by atoms with Gasteiger partial charge in [-0.2, -0.15) is 4.98 Å². The quantitative estimate of drug-likeness (QED) is 0.384. The molecule has 0 amide bonds. The zero-order chi connectivity index (χ0) is 25.0. The SMILES string of the molecule is NS(=O)(=O)c1cccc(Nc2ncnc(N3CCN(c4ncc(Cc5ccccc5)cn4)CC3)n2)c1. The summed E-state index contributed by atoms with van der Waals surface area (Å²) in [6.45, 7) is 2.84. The van der Waals surface area contributed by atoms with Gasteiger partial charge in [0.25, 0.3) is 0 Å². The Hall–Kier alpha value is -4.16. The molecule has 3 N–H and O–H groups in total. The minimum Gasteiger partial charge on any atom is -0.337 e. The van der Waals surface area contributed by atoms with Crippen molar-refractivity contribution in [3.05, 3.63) is 84.4 Å². The first-order valence-electron chi connectivity index (χ1n) is 11.4. The van der Waals surface area contributed by atoms with E-state index in [9.17, 15) is 8.42 Å². The van der Waals surface area contributed by atoms with Crippen LogP contribution < -0.4 is 20.3 Å². The number of anilines is 4. The van der Waals surface area contributed by atoms with Gasteiger partial charge in [0, 0.05) is 50.7 Å². The van der Waals surface area contributed by atoms with Crippen molar-refractivity contribution in [3.8, 4) is 0 Å². The molecule has 1 saturated heterocycles. The number of hydrogen-bond donors (Lipinski definition) is 2. The van der Waals surface area contributed by atoms with Gasteiger partial charge in [0.15, 0.2) is 0 Å². The zero-order valence-electron chi connectivity index (χ0n) is 19.4. The highest BCUT2D eigenvalue weighted by Gasteiger charge is 2.21. The highest BCUT2D eigenvalue weighted by Crippen LogP contribution is 2.20. The number of sulfonamides is 1. The van der Waals surface area contributed by atoms with E-state index in [0.29, 0.717) is 36.6 Å². The second-order valence-electron chi connectivity index (χ2n) is 8.33. The van der Waals surface area contributed by atoms with Crippen LogP contribution in [-0.4, -0.2) is 59.5 Å². The Morgan fingerprint density at radius 1 is 0.806 bits per heavy atom. The van der Waals surface area contributed by atoms with Gasteiger partial charge in [-0.25, -0.2) is 33.5 Å². The topological polar surface area (TPSA) is 143 Å². The second kappa shape index (κ2) is 10.2. The first-order valence-corrected chi connectivity index (χ1v) is 12.9. The lowest BCUT2D eigenvalue weighted by molar-refractivity contribution is 0.598. The molecule has 5 rings (SSSR count). The summed E-state index contributed by atoms with van der Waals surface area (Å²) in [7, 11) is -3.80. The highest BCUT2D eigenvalue weighted by molar-refractivity contribution is 7.89. The molecule has 4 aromatic rings. The van der Waals surface area contributed by atoms with Crippen molar-refractivity contribution >= 4 is 33.6 Å². The van der Waals surface area contributed by atoms with Crippen LogP contribution in [0.2, 0.25) is 0 Å². The molecule has 0 unspecified atom stereocenters. The minimum atomic E-state index is -3.80. The first kappa shape index (κ1) is 23.6. The Morgan fingerprint density at radius 3 is 2.19 bits per heavy atom. The van der Waals surface area contributed by atoms with E-state index in [-0.39, 0.29) is 4.90 Å². The van der Waals surface area contributed by atoms with Gasteiger partial charge in [-0.05, 0) is 29.3 Å². The van der Waals surface area contributed by atoms with Crippen molar-refractivity contribution < 1.29 is 8.42 Å². The van der Waals surface area contributed by atoms with Gasteiger partial charge in [-0.15, -0.1) is 0 Å². The second-order valence-corrected chi connectivity index (χ2v) is 9.90. The number of aromatic nitrogens is 5. The smallest absolute Gasteiger partial charge is 0.238 e. The summed E-state index contributed by atoms with van der Waals surface area (Å²) in [5.41, 5.74) is 2.81. The van der Waals surface area contributed by atoms with E-state index in [0.717, 1.165) is 25.1 Å². The maximum absolute atomic E-state index is 11.6. The summed E-state index contributed by atoms with van der Waals surface area (Å²) in [5, 5.41) is 8.23. The average Bonchev–Trinajstić information content (AvgIpc) is 2.90. The number of primary sulfonamides is 1. The van der Waals surface area contributed by atoms with Gasteiger partial charge in [0.1, 0.15) is 6.33 Å². The number of hydrogen-bond acceptors (Lipinski definition) is 10. The van der Waals surface area contributed by atoms with E-state index < -0.39 is 10.0 Å². The molecule has 1 aliphatic heterocycles. The standard InChI is InChI=1S/C24H25N9O2S/c25-36(34,35)21-8-4-7-20(14-21)30-22-28-17-29-24(31-22)33-11-9-32(10-12-33)23-26-15-19(16-27-23)13-18-5-2-1-3-6-18/h1-8,14-17H,9-13H2,(H2,25,34,35)(H,28,29,30,31). The molecule has 2 aromatic heterocycles. The monoisotopic (exact) mass is 503 g/mol. The number of nitrogens with two attached hydrogens (primary N) is 1. The molecule has 12 heteroatoms. The van der Waals surface area contributed by atoms with Gasteiger partial charge in [0.05, 0.1) is 4.90 Å². The molecule has 0 saturated carbocycles. The maximum Gasteiger partial charge on any atom is 0.238 e. The predicted molar refractivity (Wildman–Crippen MR) is 137 cm³/mol. The number of rotatable bonds is 7. The van der Waals surface area contributed by atoms with Crippen LogP contribution in [0.4, 0.5) is 23.5 Å². The number of piperazine rings is 1. The van der Waals surface area contributed by atoms with Crippen molar-refractivity contribution in [3.63, 3.8) is 0 Å². The van der Waals surface area contributed by atoms with Crippen LogP contribution in [0.15, 0.2) is 78.2 Å². The van der Waals surface area contributed by atoms with Crippen molar-refractivity contribution in [2.45, 2.75) is 11.3 Å². The molecular formula is C24H25N9O2S. The Labute approximate surface area is 209 Å². The normalized spacial score (nSPS) is 14.0. The average molecular weight is 504 g/mol. The summed E-state index contributed by atoms with van der Waals surface area (Å²) in [6.07, 6.45) is 6.00. The molecule has 36 heavy (non-hydrogen) atoms. The molecule has 184 valence electrons. The van der Waals surface area contributed by atoms with E-state index in [4.69, 9.17) is 5.14 Å². The number of benzene rings is 2. The Bertz CT molecular complexity index is 1430. The van der Waals surface area contributed by atoms with E-state index in [1.54, 1.807) is 12.1 Å². The third kappa shape index (κ3) is 5.73. The van der Waals surface area contributed by atoms with Crippen LogP contribution in [0.5, 0.6) is 0 Å². The maximum atomic E-state index is 11.6. The summed E-state index contributed by atoms with van der Waals surface area (Å²) >= 11 is 0. The molecule has 0 aliphatic carbocycles. The third-order valence-corrected chi connectivity index (χ3v) is 6.68. The predicted octanol–water partition coefficient (Wildman–Crippen LogP) is 1.97. The molecule has 2 aromatic carbocycles. The summed E-state index contributed by atoms with van der Waals surface area (Å²) in [4.78, 5) is 26.3. The van der Waals surface area contributed by atoms with E-state index in [1.165, 1.54) is 24.0 Å². The van der Waals surface area contributed by atoms with Crippen molar-refractivity contribution in [1.82, 2.24) is 24.9 Å². The van der Waals surface area contributed by atoms with Gasteiger partial charge in [-0.1, -0.05) is 36.4 Å². The highest BCUT2D eigenvalue weighted by atomic mass is 32.2. The van der Waals surface area contributed by atoms with Crippen LogP contribution in [0.3, 0.4) is 0 Å². The molecule has 0 atom stereocenters. The zero-order valence-corrected chi connectivity index (χ0v) is 20.2. The lowest BCUT2D eigenvalue weighted by atomic mass is 10.1. The summed E-state index contributed by atoms with van der Waals surface area (Å²) in [6, 6.07) is 16.4. The van der Waals surface area contributed by atoms with E-state index in [2.05, 4.69) is 52.2 Å². The fourth-order valence-corrected chi connectivity index (χ4v) is 4.48.